The first-order chi connectivity index (χ1) is 36.3. The molecule has 4 amide bonds. The highest BCUT2D eigenvalue weighted by Crippen LogP contribution is 2.50. The van der Waals surface area contributed by atoms with Crippen LogP contribution in [0.4, 0.5) is 14.3 Å². The molecule has 3 saturated heterocycles. The van der Waals surface area contributed by atoms with E-state index in [0.717, 1.165) is 24.2 Å². The number of rotatable bonds is 14. The molecule has 0 aliphatic carbocycles. The van der Waals surface area contributed by atoms with Gasteiger partial charge in [0.15, 0.2) is 22.4 Å². The number of nitrogens with zero attached hydrogens (tertiary/aromatic N) is 4. The maximum Gasteiger partial charge on any atom is 0.413 e. The van der Waals surface area contributed by atoms with Crippen LogP contribution < -0.4 is 25.4 Å². The number of likely N-dealkylation sites (N-methyl/N-ethyl adjacent to an activating group) is 1. The van der Waals surface area contributed by atoms with Crippen molar-refractivity contribution in [3.05, 3.63) is 118 Å². The van der Waals surface area contributed by atoms with Gasteiger partial charge in [-0.05, 0) is 67.5 Å². The third-order valence-corrected chi connectivity index (χ3v) is 16.2. The van der Waals surface area contributed by atoms with E-state index in [-0.39, 0.29) is 57.5 Å². The van der Waals surface area contributed by atoms with E-state index < -0.39 is 81.3 Å². The predicted molar refractivity (Wildman–Crippen MR) is 283 cm³/mol. The molecule has 404 valence electrons. The zero-order chi connectivity index (χ0) is 55.4. The van der Waals surface area contributed by atoms with Crippen LogP contribution in [0, 0.1) is 5.82 Å². The van der Waals surface area contributed by atoms with E-state index in [1.807, 2.05) is 60.7 Å². The van der Waals surface area contributed by atoms with Gasteiger partial charge in [-0.25, -0.2) is 23.8 Å². The number of quaternary nitrogens is 1. The van der Waals surface area contributed by atoms with Gasteiger partial charge in [0, 0.05) is 59.6 Å². The largest absolute Gasteiger partial charge is 0.539 e. The number of carbonyl (C=O) groups excluding carboxylic acids is 6. The van der Waals surface area contributed by atoms with Crippen molar-refractivity contribution < 1.29 is 66.1 Å². The van der Waals surface area contributed by atoms with Crippen LogP contribution in [0.25, 0.3) is 0 Å². The van der Waals surface area contributed by atoms with E-state index in [1.54, 1.807) is 47.6 Å². The number of esters is 1. The van der Waals surface area contributed by atoms with Crippen molar-refractivity contribution >= 4 is 77.7 Å². The third kappa shape index (κ3) is 11.0. The van der Waals surface area contributed by atoms with Crippen LogP contribution in [0.1, 0.15) is 108 Å². The van der Waals surface area contributed by atoms with Crippen LogP contribution in [0.5, 0.6) is 11.5 Å². The SMILES string of the molecule is [B]OC(=O)C1=C(C[N+]2(C)[C@@H]3CC[C@H]2CC(NC(=O)c2ccc4c(c2F)OC(c2ccccc2)(c2ccccc2)O4)C3)CS[C@@H]2[C@H](NC(=O)/C(=N\OC(C)(C)C(=O)OC(C)(C)C)c3csc(NC(=O)OC(C)(C)C)n3)C(=O)N12. The number of ether oxygens (including phenoxy) is 4. The first-order valence-corrected chi connectivity index (χ1v) is 27.0. The standard InChI is InChI=1S/C54H59BFN7O12S2/c1-51(2,3)72-48(68)53(7,8)75-61-39(36-28-77-49(58-36)60-50(69)73-52(4,5)6)44(65)59-40-45(66)62-41(47(67)74-55)29(27-76-46(40)62)26-63(9)33-20-21-34(63)25-32(24-33)57-43(64)35-22-23-37-42(38(35)56)71-54(70-37,30-16-12-10-13-17-30)31-18-14-11-15-19-31/h10-19,22-23,28,32-34,40,46H,20-21,24-27H2,1-9H3,(H2-,57,58,59,60,64,65,69)/p+1/b61-39-/t32?,33-,34+,40-,46-,63?/m1/s1. The molecule has 2 bridgehead atoms. The van der Waals surface area contributed by atoms with Gasteiger partial charge in [0.05, 0.1) is 24.7 Å². The number of benzene rings is 3. The lowest BCUT2D eigenvalue weighted by atomic mass is 9.92. The van der Waals surface area contributed by atoms with Gasteiger partial charge >= 0.3 is 31.9 Å². The monoisotopic (exact) mass is 1090 g/mol. The molecule has 3 aromatic carbocycles. The molecule has 0 saturated carbocycles. The summed E-state index contributed by atoms with van der Waals surface area (Å²) in [6.07, 6.45) is 1.98. The number of anilines is 1. The number of halogens is 1. The van der Waals surface area contributed by atoms with Crippen molar-refractivity contribution in [3.8, 4) is 11.5 Å². The normalized spacial score (nSPS) is 23.5. The fourth-order valence-corrected chi connectivity index (χ4v) is 12.4. The van der Waals surface area contributed by atoms with Crippen LogP contribution in [0.15, 0.2) is 94.6 Å². The Morgan fingerprint density at radius 2 is 1.51 bits per heavy atom. The summed E-state index contributed by atoms with van der Waals surface area (Å²) in [5.74, 6) is -5.84. The molecule has 77 heavy (non-hydrogen) atoms. The molecule has 9 rings (SSSR count). The van der Waals surface area contributed by atoms with Gasteiger partial charge in [-0.3, -0.25) is 24.6 Å². The fourth-order valence-electron chi connectivity index (χ4n) is 10.4. The minimum absolute atomic E-state index is 0.0172. The molecule has 5 aliphatic rings. The number of aromatic nitrogens is 1. The molecular weight excluding hydrogens is 1030 g/mol. The van der Waals surface area contributed by atoms with Crippen LogP contribution in [0.2, 0.25) is 0 Å². The molecule has 1 aromatic heterocycles. The van der Waals surface area contributed by atoms with E-state index in [9.17, 15) is 28.8 Å². The van der Waals surface area contributed by atoms with Crippen molar-refractivity contribution in [1.29, 1.82) is 0 Å². The van der Waals surface area contributed by atoms with Gasteiger partial charge in [0.25, 0.3) is 17.7 Å². The topological polar surface area (TPSA) is 222 Å². The summed E-state index contributed by atoms with van der Waals surface area (Å²) < 4.78 is 45.4. The Morgan fingerprint density at radius 1 is 0.883 bits per heavy atom. The summed E-state index contributed by atoms with van der Waals surface area (Å²) in [6, 6.07) is 20.0. The highest BCUT2D eigenvalue weighted by atomic mass is 32.2. The number of oxime groups is 1. The van der Waals surface area contributed by atoms with E-state index in [0.29, 0.717) is 40.6 Å². The van der Waals surface area contributed by atoms with E-state index in [2.05, 4.69) is 33.1 Å². The average Bonchev–Trinajstić information content (AvgIpc) is 4.13. The Kier molecular flexibility index (Phi) is 14.8. The zero-order valence-corrected chi connectivity index (χ0v) is 45.7. The lowest BCUT2D eigenvalue weighted by Gasteiger charge is -2.52. The number of thiazole rings is 1. The highest BCUT2D eigenvalue weighted by Gasteiger charge is 2.58. The minimum atomic E-state index is -1.69. The van der Waals surface area contributed by atoms with Crippen LogP contribution in [-0.2, 0) is 43.9 Å². The van der Waals surface area contributed by atoms with E-state index in [1.165, 1.54) is 42.0 Å². The molecule has 2 unspecified atom stereocenters. The Labute approximate surface area is 454 Å². The number of thioether (sulfide) groups is 1. The van der Waals surface area contributed by atoms with Gasteiger partial charge in [-0.2, -0.15) is 0 Å². The van der Waals surface area contributed by atoms with Crippen molar-refractivity contribution in [1.82, 2.24) is 20.5 Å². The van der Waals surface area contributed by atoms with Gasteiger partial charge < -0.3 is 43.6 Å². The quantitative estimate of drug-likeness (QED) is 0.0289. The number of nitrogens with one attached hydrogen (secondary N) is 3. The van der Waals surface area contributed by atoms with Gasteiger partial charge in [-0.1, -0.05) is 65.8 Å². The maximum atomic E-state index is 16.5. The lowest BCUT2D eigenvalue weighted by Crippen LogP contribution is -2.71. The summed E-state index contributed by atoms with van der Waals surface area (Å²) >= 11 is 2.30. The summed E-state index contributed by atoms with van der Waals surface area (Å²) in [5, 5.41) is 13.1. The van der Waals surface area contributed by atoms with Crippen LogP contribution in [0.3, 0.4) is 0 Å². The molecule has 19 nitrogen and oxygen atoms in total. The summed E-state index contributed by atoms with van der Waals surface area (Å²) in [6.45, 7) is 13.3. The molecule has 3 N–H and O–H groups in total. The number of hydrogen-bond acceptors (Lipinski definition) is 16. The first-order valence-electron chi connectivity index (χ1n) is 25.1. The Balaban J connectivity index is 0.887. The summed E-state index contributed by atoms with van der Waals surface area (Å²) in [7, 11) is 7.61. The summed E-state index contributed by atoms with van der Waals surface area (Å²) in [5.41, 5.74) is -2.13. The minimum Gasteiger partial charge on any atom is -0.539 e. The molecule has 6 heterocycles. The average molecular weight is 1090 g/mol. The second-order valence-corrected chi connectivity index (χ2v) is 24.2. The molecule has 3 fully saturated rings. The molecule has 23 heteroatoms. The lowest BCUT2D eigenvalue weighted by molar-refractivity contribution is -0.944. The summed E-state index contributed by atoms with van der Waals surface area (Å²) in [4.78, 5) is 92.9. The second-order valence-electron chi connectivity index (χ2n) is 22.3. The van der Waals surface area contributed by atoms with Gasteiger partial charge in [0.2, 0.25) is 11.4 Å². The molecule has 0 spiro atoms. The number of hydrogen-bond donors (Lipinski definition) is 3. The van der Waals surface area contributed by atoms with Crippen LogP contribution >= 0.6 is 23.1 Å². The number of amides is 4. The van der Waals surface area contributed by atoms with Gasteiger partial charge in [-0.15, -0.1) is 23.1 Å². The zero-order valence-electron chi connectivity index (χ0n) is 44.1. The Hall–Kier alpha value is -6.98. The number of piperidine rings is 1. The van der Waals surface area contributed by atoms with Crippen molar-refractivity contribution in [2.24, 2.45) is 5.16 Å². The van der Waals surface area contributed by atoms with Gasteiger partial charge in [0.1, 0.15) is 40.6 Å². The van der Waals surface area contributed by atoms with Crippen molar-refractivity contribution in [2.45, 2.75) is 133 Å². The maximum absolute atomic E-state index is 16.5. The van der Waals surface area contributed by atoms with E-state index in [4.69, 9.17) is 36.5 Å². The highest BCUT2D eigenvalue weighted by molar-refractivity contribution is 8.00. The molecule has 5 aliphatic heterocycles. The fraction of sp³-hybridized carbons (Fsp3) is 0.444. The van der Waals surface area contributed by atoms with Crippen molar-refractivity contribution in [2.75, 3.05) is 24.7 Å². The Bertz CT molecular complexity index is 3020. The first kappa shape index (κ1) is 54.8. The Morgan fingerprint density at radius 3 is 2.10 bits per heavy atom. The van der Waals surface area contributed by atoms with E-state index >= 15 is 4.39 Å². The third-order valence-electron chi connectivity index (χ3n) is 14.1. The number of carbonyl (C=O) groups is 6. The smallest absolute Gasteiger partial charge is 0.413 e. The molecule has 4 aromatic rings. The molecule has 6 atom stereocenters. The number of fused-ring (bicyclic) bond motifs is 4. The number of β-lactam (4-membered cyclic amide) rings is 1. The van der Waals surface area contributed by atoms with Crippen LogP contribution in [-0.4, -0.2) is 130 Å². The second kappa shape index (κ2) is 20.8. The van der Waals surface area contributed by atoms with Crippen molar-refractivity contribution in [3.63, 3.8) is 0 Å². The molecule has 2 radical (unpaired) electrons. The predicted octanol–water partition coefficient (Wildman–Crippen LogP) is 6.99. The molecular formula is C54H60BFN7O12S2+.